The van der Waals surface area contributed by atoms with Gasteiger partial charge in [0.05, 0.1) is 5.69 Å². The molecule has 4 nitrogen and oxygen atoms in total. The van der Waals surface area contributed by atoms with E-state index >= 15 is 0 Å². The molecule has 0 amide bonds. The zero-order chi connectivity index (χ0) is 53.3. The molecule has 0 saturated heterocycles. The van der Waals surface area contributed by atoms with E-state index in [1.807, 2.05) is 0 Å². The van der Waals surface area contributed by atoms with Gasteiger partial charge in [-0.25, -0.2) is 0 Å². The molecule has 0 aromatic heterocycles. The number of rotatable bonds is 9. The highest BCUT2D eigenvalue weighted by Crippen LogP contribution is 2.51. The third kappa shape index (κ3) is 8.51. The molecule has 78 heavy (non-hydrogen) atoms. The molecule has 2 aliphatic heterocycles. The van der Waals surface area contributed by atoms with Crippen LogP contribution in [0.25, 0.3) is 21.9 Å². The summed E-state index contributed by atoms with van der Waals surface area (Å²) in [6.07, 6.45) is 0. The van der Waals surface area contributed by atoms with Crippen LogP contribution in [0.5, 0.6) is 0 Å². The Morgan fingerprint density at radius 1 is 0.333 bits per heavy atom. The van der Waals surface area contributed by atoms with Crippen molar-refractivity contribution in [2.24, 2.45) is 0 Å². The van der Waals surface area contributed by atoms with E-state index in [1.54, 1.807) is 0 Å². The van der Waals surface area contributed by atoms with Gasteiger partial charge in [0.15, 0.2) is 0 Å². The van der Waals surface area contributed by atoms with Crippen LogP contribution < -0.4 is 36.0 Å². The first-order valence-corrected chi connectivity index (χ1v) is 27.5. The van der Waals surface area contributed by atoms with Crippen molar-refractivity contribution >= 4 is 102 Å². The van der Waals surface area contributed by atoms with Gasteiger partial charge in [0.1, 0.15) is 0 Å². The molecule has 0 saturated carbocycles. The largest absolute Gasteiger partial charge is 0.311 e. The van der Waals surface area contributed by atoms with Crippen LogP contribution in [0.2, 0.25) is 0 Å². The lowest BCUT2D eigenvalue weighted by molar-refractivity contribution is 0.590. The van der Waals surface area contributed by atoms with Gasteiger partial charge < -0.3 is 19.6 Å². The van der Waals surface area contributed by atoms with Crippen LogP contribution in [0.4, 0.5) is 68.2 Å². The van der Waals surface area contributed by atoms with E-state index in [9.17, 15) is 0 Å². The Hall–Kier alpha value is -9.06. The van der Waals surface area contributed by atoms with Crippen LogP contribution >= 0.6 is 0 Å². The van der Waals surface area contributed by atoms with Gasteiger partial charge in [0, 0.05) is 68.1 Å². The Morgan fingerprint density at radius 3 is 1.29 bits per heavy atom. The predicted octanol–water partition coefficient (Wildman–Crippen LogP) is 18.4. The first-order valence-electron chi connectivity index (χ1n) is 27.5. The zero-order valence-electron chi connectivity index (χ0n) is 45.6. The van der Waals surface area contributed by atoms with Crippen molar-refractivity contribution in [3.63, 3.8) is 0 Å². The Kier molecular flexibility index (Phi) is 12.0. The SMILES string of the molecule is Cc1cc2c3c(c1)N(c1ccc(C(C)(C)C)cc1-c1cccc4ccccc14)c1cc(N(c4ccccc4)c4ccccc4)ccc1B3c1ccc(N(c3ccccc3)c3ccccc3)cc1N2c1ccc(C(C)(C)C)cc1. The number of anilines is 12. The lowest BCUT2D eigenvalue weighted by Gasteiger charge is -2.45. The van der Waals surface area contributed by atoms with Crippen LogP contribution in [0, 0.1) is 6.92 Å². The van der Waals surface area contributed by atoms with E-state index in [4.69, 9.17) is 0 Å². The number of benzene rings is 11. The monoisotopic (exact) mass is 1010 g/mol. The fraction of sp³-hybridized carbons (Fsp3) is 0.123. The van der Waals surface area contributed by atoms with Gasteiger partial charge in [-0.3, -0.25) is 0 Å². The maximum atomic E-state index is 2.62. The molecule has 0 spiro atoms. The van der Waals surface area contributed by atoms with Crippen molar-refractivity contribution in [1.82, 2.24) is 0 Å². The minimum Gasteiger partial charge on any atom is -0.311 e. The Bertz CT molecular complexity index is 3930. The molecule has 11 aromatic carbocycles. The molecule has 0 aliphatic carbocycles. The van der Waals surface area contributed by atoms with E-state index in [-0.39, 0.29) is 17.5 Å². The minimum atomic E-state index is -0.108. The molecule has 0 unspecified atom stereocenters. The highest BCUT2D eigenvalue weighted by molar-refractivity contribution is 7.00. The van der Waals surface area contributed by atoms with Crippen molar-refractivity contribution in [2.45, 2.75) is 59.3 Å². The molecule has 11 aromatic rings. The normalized spacial score (nSPS) is 12.7. The molecule has 0 radical (unpaired) electrons. The number of hydrogen-bond donors (Lipinski definition) is 0. The maximum Gasteiger partial charge on any atom is 0.252 e. The summed E-state index contributed by atoms with van der Waals surface area (Å²) in [5.74, 6) is 0. The highest BCUT2D eigenvalue weighted by Gasteiger charge is 2.44. The lowest BCUT2D eigenvalue weighted by Crippen LogP contribution is -2.61. The van der Waals surface area contributed by atoms with Crippen molar-refractivity contribution in [1.29, 1.82) is 0 Å². The number of para-hydroxylation sites is 4. The van der Waals surface area contributed by atoms with Crippen molar-refractivity contribution in [2.75, 3.05) is 19.6 Å². The summed E-state index contributed by atoms with van der Waals surface area (Å²) < 4.78 is 0. The van der Waals surface area contributed by atoms with Gasteiger partial charge in [-0.15, -0.1) is 0 Å². The third-order valence-corrected chi connectivity index (χ3v) is 15.9. The second-order valence-electron chi connectivity index (χ2n) is 23.1. The van der Waals surface area contributed by atoms with Crippen molar-refractivity contribution < 1.29 is 0 Å². The standard InChI is InChI=1S/C73H63BN4/c1-50-45-69-71-70(46-50)78(66-44-37-53(73(5,6)7)47-63(66)62-34-22-24-51-23-20-21-33-61(51)62)68-49-60(76(56-29-16-10-17-30-56)57-31-18-11-19-32-57)41-43-65(68)74(71)64-42-40-59(75(54-25-12-8-13-26-54)55-27-14-9-15-28-55)48-67(64)77(69)58-38-35-52(36-39-58)72(2,3)4/h8-49H,1-7H3. The predicted molar refractivity (Wildman–Crippen MR) is 335 cm³/mol. The molecule has 0 bridgehead atoms. The minimum absolute atomic E-state index is 0.00500. The molecular weight excluding hydrogens is 944 g/mol. The molecule has 0 fully saturated rings. The Morgan fingerprint density at radius 2 is 0.782 bits per heavy atom. The zero-order valence-corrected chi connectivity index (χ0v) is 45.6. The van der Waals surface area contributed by atoms with E-state index in [0.717, 1.165) is 56.9 Å². The number of hydrogen-bond acceptors (Lipinski definition) is 4. The Balaban J connectivity index is 1.12. The average Bonchev–Trinajstić information content (AvgIpc) is 3.09. The summed E-state index contributed by atoms with van der Waals surface area (Å²) in [7, 11) is 0. The van der Waals surface area contributed by atoms with Crippen LogP contribution in [0.3, 0.4) is 0 Å². The first kappa shape index (κ1) is 48.6. The number of aryl methyl sites for hydroxylation is 1. The van der Waals surface area contributed by atoms with Crippen LogP contribution in [-0.2, 0) is 10.8 Å². The second-order valence-corrected chi connectivity index (χ2v) is 23.1. The Labute approximate surface area is 461 Å². The van der Waals surface area contributed by atoms with E-state index in [1.165, 1.54) is 66.4 Å². The summed E-state index contributed by atoms with van der Waals surface area (Å²) in [6.45, 7) is 16.0. The smallest absolute Gasteiger partial charge is 0.252 e. The average molecular weight is 1010 g/mol. The fourth-order valence-electron chi connectivity index (χ4n) is 12.1. The topological polar surface area (TPSA) is 13.0 Å². The van der Waals surface area contributed by atoms with Gasteiger partial charge in [0.25, 0.3) is 6.71 Å². The fourth-order valence-corrected chi connectivity index (χ4v) is 12.1. The summed E-state index contributed by atoms with van der Waals surface area (Å²) in [5.41, 5.74) is 23.4. The summed E-state index contributed by atoms with van der Waals surface area (Å²) in [6, 6.07) is 94.7. The number of nitrogens with zero attached hydrogens (tertiary/aromatic N) is 4. The van der Waals surface area contributed by atoms with Crippen LogP contribution in [-0.4, -0.2) is 6.71 Å². The van der Waals surface area contributed by atoms with E-state index in [2.05, 4.69) is 323 Å². The van der Waals surface area contributed by atoms with Crippen molar-refractivity contribution in [3.05, 3.63) is 271 Å². The molecule has 378 valence electrons. The van der Waals surface area contributed by atoms with Gasteiger partial charge in [-0.1, -0.05) is 187 Å². The lowest BCUT2D eigenvalue weighted by atomic mass is 9.33. The molecule has 5 heteroatoms. The molecule has 0 atom stereocenters. The molecule has 2 aliphatic rings. The molecule has 13 rings (SSSR count). The summed E-state index contributed by atoms with van der Waals surface area (Å²) in [5, 5.41) is 2.46. The van der Waals surface area contributed by atoms with Crippen molar-refractivity contribution in [3.8, 4) is 11.1 Å². The van der Waals surface area contributed by atoms with Gasteiger partial charge in [0.2, 0.25) is 0 Å². The summed E-state index contributed by atoms with van der Waals surface area (Å²) >= 11 is 0. The molecule has 0 N–H and O–H groups in total. The molecular formula is C73H63BN4. The third-order valence-electron chi connectivity index (χ3n) is 15.9. The van der Waals surface area contributed by atoms with E-state index < -0.39 is 0 Å². The number of fused-ring (bicyclic) bond motifs is 5. The van der Waals surface area contributed by atoms with Crippen LogP contribution in [0.1, 0.15) is 58.2 Å². The first-order chi connectivity index (χ1) is 37.9. The van der Waals surface area contributed by atoms with E-state index in [0.29, 0.717) is 0 Å². The van der Waals surface area contributed by atoms with Crippen LogP contribution in [0.15, 0.2) is 255 Å². The van der Waals surface area contributed by atoms with Gasteiger partial charge >= 0.3 is 0 Å². The van der Waals surface area contributed by atoms with Gasteiger partial charge in [-0.05, 0) is 176 Å². The molecule has 2 heterocycles. The second kappa shape index (κ2) is 19.2. The van der Waals surface area contributed by atoms with Gasteiger partial charge in [-0.2, -0.15) is 0 Å². The maximum absolute atomic E-state index is 2.62. The quantitative estimate of drug-likeness (QED) is 0.134. The summed E-state index contributed by atoms with van der Waals surface area (Å²) in [4.78, 5) is 9.96. The highest BCUT2D eigenvalue weighted by atomic mass is 15.2.